The van der Waals surface area contributed by atoms with Crippen LogP contribution in [0.15, 0.2) is 29.4 Å². The number of carbonyl (C=O) groups excluding carboxylic acids is 1. The number of hydrazone groups is 1. The summed E-state index contributed by atoms with van der Waals surface area (Å²) >= 11 is 0. The topological polar surface area (TPSA) is 41.5 Å². The molecule has 0 radical (unpaired) electrons. The van der Waals surface area contributed by atoms with Crippen molar-refractivity contribution in [1.29, 1.82) is 0 Å². The fourth-order valence-electron chi connectivity index (χ4n) is 2.56. The largest absolute Gasteiger partial charge is 0.271 e. The third kappa shape index (κ3) is 4.69. The Labute approximate surface area is 127 Å². The molecule has 1 aliphatic carbocycles. The maximum absolute atomic E-state index is 12.1. The van der Waals surface area contributed by atoms with Crippen LogP contribution in [0, 0.1) is 0 Å². The Bertz CT molecular complexity index is 499. The van der Waals surface area contributed by atoms with Gasteiger partial charge in [0, 0.05) is 11.3 Å². The van der Waals surface area contributed by atoms with Crippen LogP contribution in [0.25, 0.3) is 0 Å². The van der Waals surface area contributed by atoms with Gasteiger partial charge in [-0.05, 0) is 48.8 Å². The van der Waals surface area contributed by atoms with E-state index in [1.54, 1.807) is 0 Å². The summed E-state index contributed by atoms with van der Waals surface area (Å²) in [5.74, 6) is -0.118. The molecule has 1 fully saturated rings. The van der Waals surface area contributed by atoms with Gasteiger partial charge in [-0.2, -0.15) is 5.10 Å². The molecule has 1 aliphatic rings. The number of benzene rings is 1. The van der Waals surface area contributed by atoms with Gasteiger partial charge in [0.1, 0.15) is 0 Å². The van der Waals surface area contributed by atoms with Crippen LogP contribution in [0.3, 0.4) is 0 Å². The van der Waals surface area contributed by atoms with Crippen LogP contribution in [0.1, 0.15) is 75.2 Å². The molecule has 1 aromatic carbocycles. The molecule has 114 valence electrons. The zero-order valence-corrected chi connectivity index (χ0v) is 13.4. The van der Waals surface area contributed by atoms with Gasteiger partial charge in [-0.25, -0.2) is 5.43 Å². The van der Waals surface area contributed by atoms with Crippen molar-refractivity contribution in [2.75, 3.05) is 0 Å². The first-order chi connectivity index (χ1) is 9.97. The lowest BCUT2D eigenvalue weighted by atomic mass is 9.87. The summed E-state index contributed by atoms with van der Waals surface area (Å²) in [6.07, 6.45) is 6.97. The SMILES string of the molecule is CC(C)(C)c1ccc(C(=O)NN=C2CCCCCC2)cc1. The zero-order chi connectivity index (χ0) is 15.3. The Kier molecular flexibility index (Phi) is 5.16. The Morgan fingerprint density at radius 2 is 1.57 bits per heavy atom. The molecule has 0 spiro atoms. The Morgan fingerprint density at radius 1 is 1.00 bits per heavy atom. The third-order valence-corrected chi connectivity index (χ3v) is 4.01. The molecule has 3 heteroatoms. The minimum atomic E-state index is -0.118. The summed E-state index contributed by atoms with van der Waals surface area (Å²) in [6.45, 7) is 6.50. The molecular formula is C18H26N2O. The number of amides is 1. The van der Waals surface area contributed by atoms with Crippen LogP contribution in [0.2, 0.25) is 0 Å². The third-order valence-electron chi connectivity index (χ3n) is 4.01. The van der Waals surface area contributed by atoms with Crippen molar-refractivity contribution < 1.29 is 4.79 Å². The maximum atomic E-state index is 12.1. The molecule has 1 N–H and O–H groups in total. The molecule has 1 amide bonds. The number of carbonyl (C=O) groups is 1. The molecule has 0 aromatic heterocycles. The highest BCUT2D eigenvalue weighted by atomic mass is 16.2. The molecule has 0 aliphatic heterocycles. The monoisotopic (exact) mass is 286 g/mol. The van der Waals surface area contributed by atoms with Crippen molar-refractivity contribution in [3.05, 3.63) is 35.4 Å². The lowest BCUT2D eigenvalue weighted by molar-refractivity contribution is 0.0954. The van der Waals surface area contributed by atoms with Gasteiger partial charge in [-0.1, -0.05) is 45.7 Å². The molecule has 0 heterocycles. The summed E-state index contributed by atoms with van der Waals surface area (Å²) in [7, 11) is 0. The van der Waals surface area contributed by atoms with Gasteiger partial charge in [0.05, 0.1) is 0 Å². The highest BCUT2D eigenvalue weighted by Crippen LogP contribution is 2.22. The second kappa shape index (κ2) is 6.88. The average Bonchev–Trinajstić information content (AvgIpc) is 2.72. The summed E-state index contributed by atoms with van der Waals surface area (Å²) in [6, 6.07) is 7.80. The molecule has 1 saturated carbocycles. The number of nitrogens with zero attached hydrogens (tertiary/aromatic N) is 1. The quantitative estimate of drug-likeness (QED) is 0.634. The van der Waals surface area contributed by atoms with E-state index in [1.165, 1.54) is 31.2 Å². The standard InChI is InChI=1S/C18H26N2O/c1-18(2,3)15-12-10-14(11-13-15)17(21)20-19-16-8-6-4-5-7-9-16/h10-13H,4-9H2,1-3H3,(H,20,21). The highest BCUT2D eigenvalue weighted by molar-refractivity contribution is 5.95. The Hall–Kier alpha value is -1.64. The fraction of sp³-hybridized carbons (Fsp3) is 0.556. The first kappa shape index (κ1) is 15.7. The van der Waals surface area contributed by atoms with Crippen LogP contribution in [0.5, 0.6) is 0 Å². The molecule has 0 bridgehead atoms. The number of hydrogen-bond donors (Lipinski definition) is 1. The van der Waals surface area contributed by atoms with E-state index < -0.39 is 0 Å². The van der Waals surface area contributed by atoms with Crippen LogP contribution < -0.4 is 5.43 Å². The second-order valence-electron chi connectivity index (χ2n) is 6.86. The minimum Gasteiger partial charge on any atom is -0.267 e. The van der Waals surface area contributed by atoms with Gasteiger partial charge in [0.15, 0.2) is 0 Å². The van der Waals surface area contributed by atoms with E-state index in [4.69, 9.17) is 0 Å². The van der Waals surface area contributed by atoms with E-state index >= 15 is 0 Å². The molecule has 0 saturated heterocycles. The van der Waals surface area contributed by atoms with Crippen molar-refractivity contribution >= 4 is 11.6 Å². The summed E-state index contributed by atoms with van der Waals surface area (Å²) in [4.78, 5) is 12.1. The molecule has 21 heavy (non-hydrogen) atoms. The first-order valence-electron chi connectivity index (χ1n) is 7.93. The molecule has 0 atom stereocenters. The lowest BCUT2D eigenvalue weighted by Gasteiger charge is -2.18. The van der Waals surface area contributed by atoms with E-state index in [1.807, 2.05) is 24.3 Å². The van der Waals surface area contributed by atoms with E-state index in [0.29, 0.717) is 5.56 Å². The average molecular weight is 286 g/mol. The van der Waals surface area contributed by atoms with Gasteiger partial charge in [-0.15, -0.1) is 0 Å². The van der Waals surface area contributed by atoms with Crippen LogP contribution >= 0.6 is 0 Å². The summed E-state index contributed by atoms with van der Waals surface area (Å²) in [5, 5.41) is 4.31. The number of rotatable bonds is 2. The molecule has 1 aromatic rings. The van der Waals surface area contributed by atoms with Crippen molar-refractivity contribution in [3.8, 4) is 0 Å². The van der Waals surface area contributed by atoms with Crippen LogP contribution in [-0.2, 0) is 5.41 Å². The maximum Gasteiger partial charge on any atom is 0.271 e. The Balaban J connectivity index is 1.98. The van der Waals surface area contributed by atoms with Crippen molar-refractivity contribution in [2.45, 2.75) is 64.7 Å². The van der Waals surface area contributed by atoms with Crippen LogP contribution in [-0.4, -0.2) is 11.6 Å². The zero-order valence-electron chi connectivity index (χ0n) is 13.4. The number of nitrogens with one attached hydrogen (secondary N) is 1. The second-order valence-corrected chi connectivity index (χ2v) is 6.86. The van der Waals surface area contributed by atoms with Gasteiger partial charge in [-0.3, -0.25) is 4.79 Å². The highest BCUT2D eigenvalue weighted by Gasteiger charge is 2.14. The summed E-state index contributed by atoms with van der Waals surface area (Å²) < 4.78 is 0. The smallest absolute Gasteiger partial charge is 0.267 e. The van der Waals surface area contributed by atoms with E-state index in [2.05, 4.69) is 31.3 Å². The number of hydrogen-bond acceptors (Lipinski definition) is 2. The molecule has 0 unspecified atom stereocenters. The van der Waals surface area contributed by atoms with E-state index in [0.717, 1.165) is 18.6 Å². The molecule has 3 nitrogen and oxygen atoms in total. The minimum absolute atomic E-state index is 0.107. The van der Waals surface area contributed by atoms with Gasteiger partial charge < -0.3 is 0 Å². The van der Waals surface area contributed by atoms with Crippen molar-refractivity contribution in [3.63, 3.8) is 0 Å². The van der Waals surface area contributed by atoms with Gasteiger partial charge >= 0.3 is 0 Å². The van der Waals surface area contributed by atoms with Crippen molar-refractivity contribution in [1.82, 2.24) is 5.43 Å². The molecule has 2 rings (SSSR count). The lowest BCUT2D eigenvalue weighted by Crippen LogP contribution is -2.20. The predicted molar refractivity (Wildman–Crippen MR) is 87.7 cm³/mol. The normalized spacial score (nSPS) is 16.2. The Morgan fingerprint density at radius 3 is 2.10 bits per heavy atom. The van der Waals surface area contributed by atoms with Gasteiger partial charge in [0.2, 0.25) is 0 Å². The van der Waals surface area contributed by atoms with Gasteiger partial charge in [0.25, 0.3) is 5.91 Å². The first-order valence-corrected chi connectivity index (χ1v) is 7.93. The van der Waals surface area contributed by atoms with E-state index in [-0.39, 0.29) is 11.3 Å². The van der Waals surface area contributed by atoms with Crippen molar-refractivity contribution in [2.24, 2.45) is 5.10 Å². The summed E-state index contributed by atoms with van der Waals surface area (Å²) in [5.41, 5.74) is 5.84. The predicted octanol–water partition coefficient (Wildman–Crippen LogP) is 4.42. The van der Waals surface area contributed by atoms with E-state index in [9.17, 15) is 4.79 Å². The molecular weight excluding hydrogens is 260 g/mol. The fourth-order valence-corrected chi connectivity index (χ4v) is 2.56. The van der Waals surface area contributed by atoms with Crippen LogP contribution in [0.4, 0.5) is 0 Å².